The van der Waals surface area contributed by atoms with Crippen LogP contribution in [0.2, 0.25) is 0 Å². The SMILES string of the molecule is NC(=O)c1cnc2cnc(C(N)=O)cc2c1.O=C(O)C(F)(F)F. The molecule has 0 radical (unpaired) electrons. The number of alkyl halides is 3. The molecule has 2 rings (SSSR count). The number of carboxylic acid groups (broad SMARTS) is 1. The van der Waals surface area contributed by atoms with Crippen LogP contribution in [0.4, 0.5) is 13.2 Å². The number of hydrogen-bond acceptors (Lipinski definition) is 5. The Hall–Kier alpha value is -3.24. The van der Waals surface area contributed by atoms with E-state index in [0.717, 1.165) is 0 Å². The molecule has 0 spiro atoms. The van der Waals surface area contributed by atoms with Crippen LogP contribution < -0.4 is 11.5 Å². The minimum Gasteiger partial charge on any atom is -0.475 e. The fourth-order valence-electron chi connectivity index (χ4n) is 1.30. The molecule has 0 aliphatic rings. The second-order valence-corrected chi connectivity index (χ2v) is 4.02. The minimum atomic E-state index is -5.08. The number of pyridine rings is 2. The normalized spacial score (nSPS) is 10.6. The first-order chi connectivity index (χ1) is 10.5. The maximum absolute atomic E-state index is 10.9. The van der Waals surface area contributed by atoms with Crippen LogP contribution in [0, 0.1) is 0 Å². The minimum absolute atomic E-state index is 0.121. The molecule has 0 saturated carbocycles. The lowest BCUT2D eigenvalue weighted by Crippen LogP contribution is -2.21. The van der Waals surface area contributed by atoms with Gasteiger partial charge in [-0.05, 0) is 12.1 Å². The maximum Gasteiger partial charge on any atom is 0.490 e. The number of aromatic nitrogens is 2. The van der Waals surface area contributed by atoms with Crippen molar-refractivity contribution in [1.29, 1.82) is 0 Å². The molecule has 23 heavy (non-hydrogen) atoms. The zero-order chi connectivity index (χ0) is 17.8. The number of carbonyl (C=O) groups is 3. The van der Waals surface area contributed by atoms with Gasteiger partial charge in [0.25, 0.3) is 5.91 Å². The number of aliphatic carboxylic acids is 1. The first-order valence-electron chi connectivity index (χ1n) is 5.68. The van der Waals surface area contributed by atoms with Crippen molar-refractivity contribution in [2.24, 2.45) is 11.5 Å². The second-order valence-electron chi connectivity index (χ2n) is 4.02. The van der Waals surface area contributed by atoms with Crippen LogP contribution in [0.25, 0.3) is 10.9 Å². The molecule has 0 atom stereocenters. The van der Waals surface area contributed by atoms with E-state index in [0.29, 0.717) is 10.9 Å². The van der Waals surface area contributed by atoms with Crippen LogP contribution in [-0.2, 0) is 4.79 Å². The summed E-state index contributed by atoms with van der Waals surface area (Å²) in [6.07, 6.45) is -2.31. The molecule has 2 aromatic heterocycles. The highest BCUT2D eigenvalue weighted by Gasteiger charge is 2.38. The third-order valence-electron chi connectivity index (χ3n) is 2.35. The Morgan fingerprint density at radius 3 is 2.00 bits per heavy atom. The topological polar surface area (TPSA) is 149 Å². The molecule has 0 aromatic carbocycles. The Kier molecular flexibility index (Phi) is 5.17. The third kappa shape index (κ3) is 4.91. The van der Waals surface area contributed by atoms with Crippen molar-refractivity contribution in [3.63, 3.8) is 0 Å². The van der Waals surface area contributed by atoms with Crippen molar-refractivity contribution < 1.29 is 32.7 Å². The summed E-state index contributed by atoms with van der Waals surface area (Å²) in [4.78, 5) is 38.6. The van der Waals surface area contributed by atoms with E-state index in [4.69, 9.17) is 21.4 Å². The highest BCUT2D eigenvalue weighted by molar-refractivity contribution is 5.98. The number of carboxylic acids is 1. The van der Waals surface area contributed by atoms with Gasteiger partial charge >= 0.3 is 12.1 Å². The number of primary amides is 2. The summed E-state index contributed by atoms with van der Waals surface area (Å²) in [7, 11) is 0. The molecule has 2 aromatic rings. The fraction of sp³-hybridized carbons (Fsp3) is 0.0833. The monoisotopic (exact) mass is 330 g/mol. The third-order valence-corrected chi connectivity index (χ3v) is 2.35. The Bertz CT molecular complexity index is 728. The lowest BCUT2D eigenvalue weighted by atomic mass is 10.1. The van der Waals surface area contributed by atoms with E-state index >= 15 is 0 Å². The van der Waals surface area contributed by atoms with Crippen LogP contribution in [0.1, 0.15) is 20.8 Å². The molecular weight excluding hydrogens is 321 g/mol. The number of halogens is 3. The van der Waals surface area contributed by atoms with Gasteiger partial charge in [0.05, 0.1) is 17.3 Å². The molecule has 5 N–H and O–H groups in total. The molecule has 0 saturated heterocycles. The van der Waals surface area contributed by atoms with Gasteiger partial charge in [0.1, 0.15) is 5.69 Å². The van der Waals surface area contributed by atoms with E-state index < -0.39 is 24.0 Å². The molecule has 2 amide bonds. The van der Waals surface area contributed by atoms with Gasteiger partial charge in [0, 0.05) is 11.6 Å². The average molecular weight is 330 g/mol. The van der Waals surface area contributed by atoms with E-state index in [1.54, 1.807) is 6.07 Å². The maximum atomic E-state index is 10.9. The van der Waals surface area contributed by atoms with E-state index in [1.807, 2.05) is 0 Å². The van der Waals surface area contributed by atoms with E-state index in [9.17, 15) is 22.8 Å². The summed E-state index contributed by atoms with van der Waals surface area (Å²) in [5, 5.41) is 7.72. The van der Waals surface area contributed by atoms with E-state index in [2.05, 4.69) is 9.97 Å². The molecule has 122 valence electrons. The van der Waals surface area contributed by atoms with Gasteiger partial charge in [-0.2, -0.15) is 13.2 Å². The summed E-state index contributed by atoms with van der Waals surface area (Å²) in [6.45, 7) is 0. The van der Waals surface area contributed by atoms with Gasteiger partial charge in [0.2, 0.25) is 5.91 Å². The van der Waals surface area contributed by atoms with E-state index in [-0.39, 0.29) is 11.3 Å². The van der Waals surface area contributed by atoms with Gasteiger partial charge in [-0.3, -0.25) is 14.6 Å². The summed E-state index contributed by atoms with van der Waals surface area (Å²) < 4.78 is 31.7. The number of rotatable bonds is 2. The largest absolute Gasteiger partial charge is 0.490 e. The highest BCUT2D eigenvalue weighted by atomic mass is 19.4. The molecule has 11 heteroatoms. The van der Waals surface area contributed by atoms with Crippen molar-refractivity contribution in [3.05, 3.63) is 35.8 Å². The first kappa shape index (κ1) is 17.8. The van der Waals surface area contributed by atoms with Crippen molar-refractivity contribution in [1.82, 2.24) is 9.97 Å². The summed E-state index contributed by atoms with van der Waals surface area (Å²) in [5.41, 5.74) is 11.2. The van der Waals surface area contributed by atoms with E-state index in [1.165, 1.54) is 18.5 Å². The van der Waals surface area contributed by atoms with Crippen molar-refractivity contribution in [2.45, 2.75) is 6.18 Å². The van der Waals surface area contributed by atoms with Crippen molar-refractivity contribution in [2.75, 3.05) is 0 Å². The standard InChI is InChI=1S/C10H8N4O2.C2HF3O2/c11-9(15)6-1-5-2-7(10(12)16)14-4-8(5)13-3-6;3-2(4,5)1(6)7/h1-4H,(H2,11,15)(H2,12,16);(H,6,7). The zero-order valence-electron chi connectivity index (χ0n) is 11.2. The summed E-state index contributed by atoms with van der Waals surface area (Å²) >= 11 is 0. The van der Waals surface area contributed by atoms with Crippen LogP contribution in [0.15, 0.2) is 24.5 Å². The molecular formula is C12H9F3N4O4. The number of fused-ring (bicyclic) bond motifs is 1. The number of amides is 2. The first-order valence-corrected chi connectivity index (χ1v) is 5.68. The molecule has 0 bridgehead atoms. The number of hydrogen-bond donors (Lipinski definition) is 3. The van der Waals surface area contributed by atoms with Crippen molar-refractivity contribution >= 4 is 28.7 Å². The Labute approximate surface area is 125 Å². The van der Waals surface area contributed by atoms with Crippen LogP contribution in [0.3, 0.4) is 0 Å². The number of nitrogens with two attached hydrogens (primary N) is 2. The second kappa shape index (κ2) is 6.68. The molecule has 2 heterocycles. The molecule has 0 unspecified atom stereocenters. The van der Waals surface area contributed by atoms with Crippen LogP contribution >= 0.6 is 0 Å². The zero-order valence-corrected chi connectivity index (χ0v) is 11.2. The Morgan fingerprint density at radius 2 is 1.57 bits per heavy atom. The summed E-state index contributed by atoms with van der Waals surface area (Å²) in [5.74, 6) is -3.97. The van der Waals surface area contributed by atoms with Gasteiger partial charge in [0.15, 0.2) is 0 Å². The lowest BCUT2D eigenvalue weighted by molar-refractivity contribution is -0.192. The number of nitrogens with zero attached hydrogens (tertiary/aromatic N) is 2. The quantitative estimate of drug-likeness (QED) is 0.728. The fourth-order valence-corrected chi connectivity index (χ4v) is 1.30. The Balaban J connectivity index is 0.000000322. The van der Waals surface area contributed by atoms with Crippen LogP contribution in [-0.4, -0.2) is 39.0 Å². The lowest BCUT2D eigenvalue weighted by Gasteiger charge is -2.00. The predicted octanol–water partition coefficient (Wildman–Crippen LogP) is 0.461. The highest BCUT2D eigenvalue weighted by Crippen LogP contribution is 2.13. The molecule has 0 aliphatic heterocycles. The van der Waals surface area contributed by atoms with Gasteiger partial charge in [-0.15, -0.1) is 0 Å². The molecule has 0 aliphatic carbocycles. The van der Waals surface area contributed by atoms with Crippen LogP contribution in [0.5, 0.6) is 0 Å². The average Bonchev–Trinajstić information content (AvgIpc) is 2.45. The van der Waals surface area contributed by atoms with Crippen molar-refractivity contribution in [3.8, 4) is 0 Å². The Morgan fingerprint density at radius 1 is 1.00 bits per heavy atom. The van der Waals surface area contributed by atoms with Gasteiger partial charge in [-0.1, -0.05) is 0 Å². The number of carbonyl (C=O) groups excluding carboxylic acids is 2. The summed E-state index contributed by atoms with van der Waals surface area (Å²) in [6, 6.07) is 3.01. The van der Waals surface area contributed by atoms with Gasteiger partial charge in [-0.25, -0.2) is 9.78 Å². The molecule has 0 fully saturated rings. The predicted molar refractivity (Wildman–Crippen MR) is 70.3 cm³/mol. The smallest absolute Gasteiger partial charge is 0.475 e. The van der Waals surface area contributed by atoms with Gasteiger partial charge < -0.3 is 16.6 Å². The molecule has 8 nitrogen and oxygen atoms in total.